The second-order valence-corrected chi connectivity index (χ2v) is 5.35. The molecule has 2 aliphatic rings. The number of carbonyl (C=O) groups excluding carboxylic acids is 2. The summed E-state index contributed by atoms with van der Waals surface area (Å²) in [5.74, 6) is 0.553. The lowest BCUT2D eigenvalue weighted by Crippen LogP contribution is -2.21. The van der Waals surface area contributed by atoms with Crippen molar-refractivity contribution in [3.63, 3.8) is 0 Å². The second-order valence-electron chi connectivity index (χ2n) is 5.35. The van der Waals surface area contributed by atoms with Gasteiger partial charge in [-0.15, -0.1) is 0 Å². The summed E-state index contributed by atoms with van der Waals surface area (Å²) >= 11 is 0. The molecule has 0 bridgehead atoms. The number of carbonyl (C=O) groups is 2. The SMILES string of the molecule is CCCCCC1C(=O)C2CCCCC2C1=O. The predicted molar refractivity (Wildman–Crippen MR) is 63.1 cm³/mol. The molecule has 0 aromatic carbocycles. The normalized spacial score (nSPS) is 34.2. The molecule has 0 aromatic rings. The molecule has 2 rings (SSSR count). The number of hydrogen-bond acceptors (Lipinski definition) is 2. The van der Waals surface area contributed by atoms with Crippen LogP contribution in [0.1, 0.15) is 58.3 Å². The molecular formula is C14H22O2. The van der Waals surface area contributed by atoms with E-state index < -0.39 is 0 Å². The number of unbranched alkanes of at least 4 members (excludes halogenated alkanes) is 2. The van der Waals surface area contributed by atoms with Crippen molar-refractivity contribution in [1.29, 1.82) is 0 Å². The van der Waals surface area contributed by atoms with Crippen molar-refractivity contribution in [3.05, 3.63) is 0 Å². The third kappa shape index (κ3) is 2.07. The van der Waals surface area contributed by atoms with Gasteiger partial charge in [0.15, 0.2) is 0 Å². The van der Waals surface area contributed by atoms with Crippen LogP contribution in [0.2, 0.25) is 0 Å². The van der Waals surface area contributed by atoms with Crippen LogP contribution in [0, 0.1) is 17.8 Å². The summed E-state index contributed by atoms with van der Waals surface area (Å²) in [7, 11) is 0. The first-order valence-corrected chi connectivity index (χ1v) is 6.83. The minimum atomic E-state index is -0.223. The molecule has 2 saturated carbocycles. The molecule has 0 N–H and O–H groups in total. The van der Waals surface area contributed by atoms with E-state index in [-0.39, 0.29) is 29.3 Å². The second kappa shape index (κ2) is 5.11. The first-order chi connectivity index (χ1) is 7.75. The van der Waals surface area contributed by atoms with Gasteiger partial charge in [-0.2, -0.15) is 0 Å². The van der Waals surface area contributed by atoms with Crippen molar-refractivity contribution in [1.82, 2.24) is 0 Å². The van der Waals surface area contributed by atoms with Crippen molar-refractivity contribution in [3.8, 4) is 0 Å². The number of ketones is 2. The highest BCUT2D eigenvalue weighted by atomic mass is 16.2. The Morgan fingerprint density at radius 2 is 1.56 bits per heavy atom. The first kappa shape index (κ1) is 11.8. The third-order valence-electron chi connectivity index (χ3n) is 4.28. The topological polar surface area (TPSA) is 34.1 Å². The van der Waals surface area contributed by atoms with Gasteiger partial charge in [0.1, 0.15) is 11.6 Å². The summed E-state index contributed by atoms with van der Waals surface area (Å²) in [4.78, 5) is 24.2. The molecule has 0 radical (unpaired) electrons. The Morgan fingerprint density at radius 1 is 1.00 bits per heavy atom. The molecule has 16 heavy (non-hydrogen) atoms. The van der Waals surface area contributed by atoms with Gasteiger partial charge in [-0.1, -0.05) is 39.0 Å². The molecule has 2 unspecified atom stereocenters. The van der Waals surface area contributed by atoms with Gasteiger partial charge in [0.05, 0.1) is 5.92 Å². The summed E-state index contributed by atoms with van der Waals surface area (Å²) in [6.45, 7) is 2.15. The quantitative estimate of drug-likeness (QED) is 0.541. The molecule has 0 aromatic heterocycles. The van der Waals surface area contributed by atoms with Gasteiger partial charge in [0.2, 0.25) is 0 Å². The van der Waals surface area contributed by atoms with Gasteiger partial charge in [0.25, 0.3) is 0 Å². The average Bonchev–Trinajstić information content (AvgIpc) is 2.55. The van der Waals surface area contributed by atoms with E-state index in [0.29, 0.717) is 0 Å². The maximum atomic E-state index is 12.1. The van der Waals surface area contributed by atoms with Gasteiger partial charge in [-0.3, -0.25) is 9.59 Å². The van der Waals surface area contributed by atoms with E-state index in [1.165, 1.54) is 0 Å². The largest absolute Gasteiger partial charge is 0.299 e. The Balaban J connectivity index is 1.98. The van der Waals surface area contributed by atoms with E-state index in [4.69, 9.17) is 0 Å². The van der Waals surface area contributed by atoms with Crippen LogP contribution in [0.4, 0.5) is 0 Å². The van der Waals surface area contributed by atoms with E-state index in [1.54, 1.807) is 0 Å². The fraction of sp³-hybridized carbons (Fsp3) is 0.857. The van der Waals surface area contributed by atoms with Crippen LogP contribution in [0.5, 0.6) is 0 Å². The Labute approximate surface area is 97.8 Å². The van der Waals surface area contributed by atoms with Crippen LogP contribution in [0.15, 0.2) is 0 Å². The van der Waals surface area contributed by atoms with Crippen LogP contribution in [-0.2, 0) is 9.59 Å². The Kier molecular flexibility index (Phi) is 3.78. The highest BCUT2D eigenvalue weighted by molar-refractivity contribution is 6.11. The number of Topliss-reactive ketones (excluding diaryl/α,β-unsaturated/α-hetero) is 2. The highest BCUT2D eigenvalue weighted by Crippen LogP contribution is 2.41. The molecule has 2 nitrogen and oxygen atoms in total. The van der Waals surface area contributed by atoms with E-state index in [9.17, 15) is 9.59 Å². The van der Waals surface area contributed by atoms with Gasteiger partial charge in [0, 0.05) is 11.8 Å². The lowest BCUT2D eigenvalue weighted by molar-refractivity contribution is -0.128. The number of hydrogen-bond donors (Lipinski definition) is 0. The molecule has 90 valence electrons. The monoisotopic (exact) mass is 222 g/mol. The zero-order valence-electron chi connectivity index (χ0n) is 10.2. The van der Waals surface area contributed by atoms with Crippen LogP contribution in [0.3, 0.4) is 0 Å². The molecule has 2 heteroatoms. The summed E-state index contributed by atoms with van der Waals surface area (Å²) in [5.41, 5.74) is 0. The van der Waals surface area contributed by atoms with Gasteiger partial charge in [-0.05, 0) is 19.3 Å². The Morgan fingerprint density at radius 3 is 2.06 bits per heavy atom. The molecule has 0 aliphatic heterocycles. The summed E-state index contributed by atoms with van der Waals surface area (Å²) in [6, 6.07) is 0. The van der Waals surface area contributed by atoms with E-state index >= 15 is 0 Å². The van der Waals surface area contributed by atoms with Crippen molar-refractivity contribution in [2.45, 2.75) is 58.3 Å². The van der Waals surface area contributed by atoms with Crippen molar-refractivity contribution >= 4 is 11.6 Å². The molecule has 2 aliphatic carbocycles. The molecule has 2 fully saturated rings. The zero-order valence-corrected chi connectivity index (χ0v) is 10.2. The van der Waals surface area contributed by atoms with Crippen molar-refractivity contribution in [2.24, 2.45) is 17.8 Å². The van der Waals surface area contributed by atoms with Crippen molar-refractivity contribution in [2.75, 3.05) is 0 Å². The standard InChI is InChI=1S/C14H22O2/c1-2-3-4-9-12-13(15)10-7-5-6-8-11(10)14(12)16/h10-12H,2-9H2,1H3. The smallest absolute Gasteiger partial charge is 0.147 e. The molecule has 0 amide bonds. The number of rotatable bonds is 4. The van der Waals surface area contributed by atoms with Crippen LogP contribution >= 0.6 is 0 Å². The maximum Gasteiger partial charge on any atom is 0.147 e. The molecule has 0 spiro atoms. The molecular weight excluding hydrogens is 200 g/mol. The lowest BCUT2D eigenvalue weighted by Gasteiger charge is -2.21. The van der Waals surface area contributed by atoms with Gasteiger partial charge >= 0.3 is 0 Å². The molecule has 0 saturated heterocycles. The summed E-state index contributed by atoms with van der Waals surface area (Å²) in [6.07, 6.45) is 8.38. The minimum absolute atomic E-state index is 0.105. The average molecular weight is 222 g/mol. The van der Waals surface area contributed by atoms with Crippen LogP contribution < -0.4 is 0 Å². The molecule has 0 heterocycles. The van der Waals surface area contributed by atoms with Gasteiger partial charge < -0.3 is 0 Å². The summed E-state index contributed by atoms with van der Waals surface area (Å²) < 4.78 is 0. The third-order valence-corrected chi connectivity index (χ3v) is 4.28. The van der Waals surface area contributed by atoms with Gasteiger partial charge in [-0.25, -0.2) is 0 Å². The highest BCUT2D eigenvalue weighted by Gasteiger charge is 2.48. The minimum Gasteiger partial charge on any atom is -0.299 e. The van der Waals surface area contributed by atoms with E-state index in [1.807, 2.05) is 0 Å². The Bertz CT molecular complexity index is 258. The predicted octanol–water partition coefficient (Wildman–Crippen LogP) is 3.14. The maximum absolute atomic E-state index is 12.1. The zero-order chi connectivity index (χ0) is 11.5. The Hall–Kier alpha value is -0.660. The van der Waals surface area contributed by atoms with E-state index in [0.717, 1.165) is 51.4 Å². The van der Waals surface area contributed by atoms with E-state index in [2.05, 4.69) is 6.92 Å². The fourth-order valence-electron chi connectivity index (χ4n) is 3.35. The number of fused-ring (bicyclic) bond motifs is 1. The van der Waals surface area contributed by atoms with Crippen LogP contribution in [-0.4, -0.2) is 11.6 Å². The molecule has 2 atom stereocenters. The fourth-order valence-corrected chi connectivity index (χ4v) is 3.35. The lowest BCUT2D eigenvalue weighted by atomic mass is 9.81. The van der Waals surface area contributed by atoms with Crippen LogP contribution in [0.25, 0.3) is 0 Å². The first-order valence-electron chi connectivity index (χ1n) is 6.83. The summed E-state index contributed by atoms with van der Waals surface area (Å²) in [5, 5.41) is 0. The van der Waals surface area contributed by atoms with Crippen molar-refractivity contribution < 1.29 is 9.59 Å².